The zero-order valence-electron chi connectivity index (χ0n) is 21.4. The van der Waals surface area contributed by atoms with E-state index in [2.05, 4.69) is 21.6 Å². The van der Waals surface area contributed by atoms with E-state index in [0.717, 1.165) is 28.0 Å². The number of halogens is 1. The third-order valence-electron chi connectivity index (χ3n) is 6.96. The number of primary amides is 1. The molecule has 5 rings (SSSR count). The van der Waals surface area contributed by atoms with Crippen LogP contribution in [0, 0.1) is 17.1 Å². The van der Waals surface area contributed by atoms with Crippen LogP contribution in [-0.2, 0) is 4.74 Å². The number of aliphatic hydroxyl groups excluding tert-OH is 1. The van der Waals surface area contributed by atoms with Crippen LogP contribution in [0.4, 0.5) is 14.9 Å². The largest absolute Gasteiger partial charge is 0.494 e. The summed E-state index contributed by atoms with van der Waals surface area (Å²) in [7, 11) is 1.43. The summed E-state index contributed by atoms with van der Waals surface area (Å²) in [6, 6.07) is 22.5. The van der Waals surface area contributed by atoms with Crippen LogP contribution in [0.15, 0.2) is 66.7 Å². The van der Waals surface area contributed by atoms with Crippen molar-refractivity contribution in [3.05, 3.63) is 78.1 Å². The van der Waals surface area contributed by atoms with Gasteiger partial charge in [0, 0.05) is 48.5 Å². The number of nitrogens with two attached hydrogens (primary N) is 1. The van der Waals surface area contributed by atoms with Crippen LogP contribution in [0.25, 0.3) is 27.8 Å². The number of rotatable bonds is 7. The molecule has 4 aromatic rings. The van der Waals surface area contributed by atoms with Crippen molar-refractivity contribution in [3.8, 4) is 28.8 Å². The van der Waals surface area contributed by atoms with Gasteiger partial charge in [0.15, 0.2) is 11.6 Å². The molecule has 1 aliphatic heterocycles. The number of nitriles is 1. The molecule has 1 amide bonds. The number of hydrogen-bond acceptors (Lipinski definition) is 7. The lowest BCUT2D eigenvalue weighted by Crippen LogP contribution is -2.52. The highest BCUT2D eigenvalue weighted by Gasteiger charge is 2.24. The molecule has 9 nitrogen and oxygen atoms in total. The van der Waals surface area contributed by atoms with Crippen molar-refractivity contribution in [3.63, 3.8) is 0 Å². The average molecular weight is 530 g/mol. The zero-order valence-corrected chi connectivity index (χ0v) is 21.4. The predicted octanol–water partition coefficient (Wildman–Crippen LogP) is 3.85. The van der Waals surface area contributed by atoms with Crippen molar-refractivity contribution in [1.82, 2.24) is 9.47 Å². The molecule has 1 saturated heterocycles. The van der Waals surface area contributed by atoms with Gasteiger partial charge in [-0.1, -0.05) is 0 Å². The first kappa shape index (κ1) is 26.0. The maximum atomic E-state index is 14.7. The minimum absolute atomic E-state index is 0.168. The van der Waals surface area contributed by atoms with E-state index in [1.54, 1.807) is 18.2 Å². The molecule has 0 radical (unpaired) electrons. The molecule has 3 aromatic carbocycles. The van der Waals surface area contributed by atoms with E-state index in [4.69, 9.17) is 15.2 Å². The maximum absolute atomic E-state index is 14.7. The smallest absolute Gasteiger partial charge is 0.404 e. The molecule has 0 aliphatic carbocycles. The first-order valence-corrected chi connectivity index (χ1v) is 12.5. The highest BCUT2D eigenvalue weighted by atomic mass is 19.1. The molecule has 1 aromatic heterocycles. The van der Waals surface area contributed by atoms with Crippen molar-refractivity contribution in [2.75, 3.05) is 44.8 Å². The van der Waals surface area contributed by atoms with Gasteiger partial charge in [-0.3, -0.25) is 4.90 Å². The SMILES string of the molecule is COc1ccc(-c2cc3cc(N4CCN(C(O)COC(N)=O)CC4)ccc3n2-c2ccc(C#N)cc2)cc1F. The quantitative estimate of drug-likeness (QED) is 0.373. The highest BCUT2D eigenvalue weighted by Crippen LogP contribution is 2.35. The van der Waals surface area contributed by atoms with E-state index in [9.17, 15) is 19.6 Å². The van der Waals surface area contributed by atoms with Crippen LogP contribution in [0.2, 0.25) is 0 Å². The van der Waals surface area contributed by atoms with Crippen LogP contribution in [0.3, 0.4) is 0 Å². The van der Waals surface area contributed by atoms with E-state index < -0.39 is 18.1 Å². The van der Waals surface area contributed by atoms with Crippen LogP contribution in [0.1, 0.15) is 5.56 Å². The molecule has 10 heteroatoms. The highest BCUT2D eigenvalue weighted by molar-refractivity contribution is 5.91. The molecule has 1 atom stereocenters. The second-order valence-electron chi connectivity index (χ2n) is 9.25. The van der Waals surface area contributed by atoms with E-state index >= 15 is 0 Å². The molecule has 1 aliphatic rings. The number of carbonyl (C=O) groups is 1. The fourth-order valence-corrected chi connectivity index (χ4v) is 4.94. The number of aliphatic hydroxyl groups is 1. The second-order valence-corrected chi connectivity index (χ2v) is 9.25. The van der Waals surface area contributed by atoms with Crippen LogP contribution in [0.5, 0.6) is 5.75 Å². The Morgan fingerprint density at radius 3 is 2.41 bits per heavy atom. The minimum atomic E-state index is -0.911. The van der Waals surface area contributed by atoms with E-state index in [-0.39, 0.29) is 12.4 Å². The van der Waals surface area contributed by atoms with Crippen LogP contribution < -0.4 is 15.4 Å². The van der Waals surface area contributed by atoms with Crippen molar-refractivity contribution in [1.29, 1.82) is 5.26 Å². The Balaban J connectivity index is 1.48. The van der Waals surface area contributed by atoms with Gasteiger partial charge in [0.1, 0.15) is 12.8 Å². The minimum Gasteiger partial charge on any atom is -0.494 e. The molecule has 1 fully saturated rings. The summed E-state index contributed by atoms with van der Waals surface area (Å²) in [5.41, 5.74) is 9.85. The van der Waals surface area contributed by atoms with E-state index in [1.165, 1.54) is 13.2 Å². The number of piperazine rings is 1. The van der Waals surface area contributed by atoms with Crippen molar-refractivity contribution < 1.29 is 23.8 Å². The summed E-state index contributed by atoms with van der Waals surface area (Å²) >= 11 is 0. The lowest BCUT2D eigenvalue weighted by atomic mass is 10.1. The van der Waals surface area contributed by atoms with Crippen molar-refractivity contribution in [2.24, 2.45) is 5.73 Å². The molecule has 3 N–H and O–H groups in total. The fourth-order valence-electron chi connectivity index (χ4n) is 4.94. The van der Waals surface area contributed by atoms with Gasteiger partial charge in [-0.25, -0.2) is 9.18 Å². The summed E-state index contributed by atoms with van der Waals surface area (Å²) < 4.78 is 26.5. The summed E-state index contributed by atoms with van der Waals surface area (Å²) in [6.07, 6.45) is -1.82. The molecule has 1 unspecified atom stereocenters. The number of nitrogens with zero attached hydrogens (tertiary/aromatic N) is 4. The number of aromatic nitrogens is 1. The molecule has 0 bridgehead atoms. The molecule has 0 saturated carbocycles. The molecule has 0 spiro atoms. The van der Waals surface area contributed by atoms with Crippen molar-refractivity contribution >= 4 is 22.7 Å². The maximum Gasteiger partial charge on any atom is 0.404 e. The number of hydrogen-bond donors (Lipinski definition) is 2. The number of anilines is 1. The predicted molar refractivity (Wildman–Crippen MR) is 145 cm³/mol. The number of fused-ring (bicyclic) bond motifs is 1. The lowest BCUT2D eigenvalue weighted by molar-refractivity contribution is -0.0401. The zero-order chi connectivity index (χ0) is 27.5. The Hall–Kier alpha value is -4.59. The van der Waals surface area contributed by atoms with Crippen molar-refractivity contribution in [2.45, 2.75) is 6.23 Å². The number of methoxy groups -OCH3 is 1. The van der Waals surface area contributed by atoms with Gasteiger partial charge in [0.2, 0.25) is 0 Å². The Kier molecular flexibility index (Phi) is 7.36. The Morgan fingerprint density at radius 2 is 1.77 bits per heavy atom. The van der Waals surface area contributed by atoms with E-state index in [1.807, 2.05) is 41.3 Å². The normalized spacial score (nSPS) is 14.7. The second kappa shape index (κ2) is 11.0. The van der Waals surface area contributed by atoms with Gasteiger partial charge in [0.05, 0.1) is 30.0 Å². The molecular weight excluding hydrogens is 501 g/mol. The molecule has 2 heterocycles. The summed E-state index contributed by atoms with van der Waals surface area (Å²) in [5.74, 6) is -0.277. The summed E-state index contributed by atoms with van der Waals surface area (Å²) in [6.45, 7) is 2.35. The fraction of sp³-hybridized carbons (Fsp3) is 0.241. The standard InChI is InChI=1S/C29H28FN5O4/c1-38-27-9-4-20(15-24(27)30)26-16-21-14-23(33-10-12-34(13-11-33)28(36)18-39-29(32)37)7-8-25(21)35(26)22-5-2-19(17-31)3-6-22/h2-9,14-16,28,36H,10-13,18H2,1H3,(H2,32,37). The number of ether oxygens (including phenoxy) is 2. The van der Waals surface area contributed by atoms with Crippen LogP contribution in [-0.4, -0.2) is 66.8 Å². The average Bonchev–Trinajstić information content (AvgIpc) is 3.34. The Morgan fingerprint density at radius 1 is 1.05 bits per heavy atom. The number of carbonyl (C=O) groups excluding carboxylic acids is 1. The van der Waals surface area contributed by atoms with Gasteiger partial charge >= 0.3 is 6.09 Å². The molecule has 200 valence electrons. The molecule has 39 heavy (non-hydrogen) atoms. The Bertz CT molecular complexity index is 1540. The van der Waals surface area contributed by atoms with E-state index in [0.29, 0.717) is 37.3 Å². The number of benzene rings is 3. The van der Waals surface area contributed by atoms with Crippen LogP contribution >= 0.6 is 0 Å². The number of amides is 1. The summed E-state index contributed by atoms with van der Waals surface area (Å²) in [5, 5.41) is 20.5. The third kappa shape index (κ3) is 5.36. The van der Waals surface area contributed by atoms with Gasteiger partial charge in [-0.15, -0.1) is 0 Å². The monoisotopic (exact) mass is 529 g/mol. The summed E-state index contributed by atoms with van der Waals surface area (Å²) in [4.78, 5) is 14.9. The lowest BCUT2D eigenvalue weighted by Gasteiger charge is -2.38. The first-order valence-electron chi connectivity index (χ1n) is 12.5. The Labute approximate surface area is 225 Å². The van der Waals surface area contributed by atoms with Gasteiger partial charge < -0.3 is 29.8 Å². The van der Waals surface area contributed by atoms with Gasteiger partial charge in [-0.2, -0.15) is 5.26 Å². The van der Waals surface area contributed by atoms with Gasteiger partial charge in [0.25, 0.3) is 0 Å². The third-order valence-corrected chi connectivity index (χ3v) is 6.96. The first-order chi connectivity index (χ1) is 18.9. The van der Waals surface area contributed by atoms with Gasteiger partial charge in [-0.05, 0) is 66.7 Å². The molecular formula is C29H28FN5O4. The topological polar surface area (TPSA) is 117 Å².